The molecular weight excluding hydrogens is 368 g/mol. The van der Waals surface area contributed by atoms with Crippen LogP contribution in [0.25, 0.3) is 0 Å². The van der Waals surface area contributed by atoms with Gasteiger partial charge in [0.15, 0.2) is 6.61 Å². The van der Waals surface area contributed by atoms with E-state index < -0.39 is 29.1 Å². The van der Waals surface area contributed by atoms with Crippen LogP contribution in [0.4, 0.5) is 0 Å². The van der Waals surface area contributed by atoms with E-state index in [1.165, 1.54) is 5.56 Å². The molecule has 0 saturated heterocycles. The fraction of sp³-hybridized carbons (Fsp3) is 0.579. The van der Waals surface area contributed by atoms with E-state index in [1.807, 2.05) is 6.07 Å². The zero-order valence-corrected chi connectivity index (χ0v) is 16.1. The van der Waals surface area contributed by atoms with Gasteiger partial charge in [0.2, 0.25) is 10.0 Å². The molecule has 2 aliphatic carbocycles. The number of amides is 1. The first kappa shape index (κ1) is 19.8. The molecule has 27 heavy (non-hydrogen) atoms. The van der Waals surface area contributed by atoms with E-state index in [1.54, 1.807) is 12.1 Å². The van der Waals surface area contributed by atoms with Crippen molar-refractivity contribution in [2.75, 3.05) is 13.2 Å². The van der Waals surface area contributed by atoms with Gasteiger partial charge in [-0.15, -0.1) is 0 Å². The van der Waals surface area contributed by atoms with E-state index in [4.69, 9.17) is 4.74 Å². The Hall–Kier alpha value is -1.93. The standard InChI is InChI=1S/C19H26N2O5S/c22-18(21-16-7-3-4-8-16)13-26-19(23)12-20-27(24,25)17-10-9-14-5-1-2-6-15(14)11-17/h9-11,16,20H,1-8,12-13H2,(H,21,22). The minimum atomic E-state index is -3.80. The average Bonchev–Trinajstić information content (AvgIpc) is 3.17. The summed E-state index contributed by atoms with van der Waals surface area (Å²) in [7, 11) is -3.80. The van der Waals surface area contributed by atoms with Crippen LogP contribution >= 0.6 is 0 Å². The maximum absolute atomic E-state index is 12.4. The van der Waals surface area contributed by atoms with Gasteiger partial charge in [0, 0.05) is 6.04 Å². The number of rotatable bonds is 7. The van der Waals surface area contributed by atoms with Crippen molar-refractivity contribution in [2.24, 2.45) is 0 Å². The Morgan fingerprint density at radius 1 is 1.04 bits per heavy atom. The summed E-state index contributed by atoms with van der Waals surface area (Å²) in [6.45, 7) is -0.897. The van der Waals surface area contributed by atoms with Crippen molar-refractivity contribution in [1.82, 2.24) is 10.0 Å². The first-order valence-corrected chi connectivity index (χ1v) is 11.0. The quantitative estimate of drug-likeness (QED) is 0.682. The summed E-state index contributed by atoms with van der Waals surface area (Å²) in [6, 6.07) is 5.23. The summed E-state index contributed by atoms with van der Waals surface area (Å²) in [6.07, 6.45) is 8.09. The van der Waals surface area contributed by atoms with Gasteiger partial charge in [-0.05, 0) is 61.8 Å². The summed E-state index contributed by atoms with van der Waals surface area (Å²) >= 11 is 0. The number of benzene rings is 1. The van der Waals surface area contributed by atoms with Gasteiger partial charge in [-0.1, -0.05) is 18.9 Å². The van der Waals surface area contributed by atoms with Crippen molar-refractivity contribution in [1.29, 1.82) is 0 Å². The van der Waals surface area contributed by atoms with Crippen LogP contribution in [0.15, 0.2) is 23.1 Å². The van der Waals surface area contributed by atoms with Crippen molar-refractivity contribution in [3.63, 3.8) is 0 Å². The smallest absolute Gasteiger partial charge is 0.321 e. The van der Waals surface area contributed by atoms with Gasteiger partial charge in [-0.2, -0.15) is 4.72 Å². The van der Waals surface area contributed by atoms with E-state index in [0.717, 1.165) is 56.9 Å². The Balaban J connectivity index is 1.46. The van der Waals surface area contributed by atoms with Crippen LogP contribution in [0.2, 0.25) is 0 Å². The summed E-state index contributed by atoms with van der Waals surface area (Å²) < 4.78 is 31.9. The topological polar surface area (TPSA) is 102 Å². The number of nitrogens with one attached hydrogen (secondary N) is 2. The molecule has 0 bridgehead atoms. The third-order valence-corrected chi connectivity index (χ3v) is 6.52. The van der Waals surface area contributed by atoms with Gasteiger partial charge in [-0.3, -0.25) is 9.59 Å². The summed E-state index contributed by atoms with van der Waals surface area (Å²) in [4.78, 5) is 23.6. The summed E-state index contributed by atoms with van der Waals surface area (Å²) in [5, 5.41) is 2.81. The predicted octanol–water partition coefficient (Wildman–Crippen LogP) is 1.45. The van der Waals surface area contributed by atoms with E-state index in [0.29, 0.717) is 0 Å². The highest BCUT2D eigenvalue weighted by molar-refractivity contribution is 7.89. The van der Waals surface area contributed by atoms with Gasteiger partial charge >= 0.3 is 5.97 Å². The maximum atomic E-state index is 12.4. The molecule has 0 radical (unpaired) electrons. The minimum absolute atomic E-state index is 0.148. The Morgan fingerprint density at radius 3 is 2.48 bits per heavy atom. The molecule has 0 spiro atoms. The number of hydrogen-bond donors (Lipinski definition) is 2. The predicted molar refractivity (Wildman–Crippen MR) is 99.6 cm³/mol. The van der Waals surface area contributed by atoms with Crippen molar-refractivity contribution in [3.8, 4) is 0 Å². The molecule has 148 valence electrons. The van der Waals surface area contributed by atoms with E-state index in [-0.39, 0.29) is 16.8 Å². The van der Waals surface area contributed by atoms with Crippen LogP contribution in [0.5, 0.6) is 0 Å². The number of carbonyl (C=O) groups excluding carboxylic acids is 2. The van der Waals surface area contributed by atoms with Crippen molar-refractivity contribution in [2.45, 2.75) is 62.3 Å². The molecule has 7 nitrogen and oxygen atoms in total. The molecule has 2 N–H and O–H groups in total. The Morgan fingerprint density at radius 2 is 1.74 bits per heavy atom. The number of sulfonamides is 1. The Labute approximate surface area is 159 Å². The highest BCUT2D eigenvalue weighted by Crippen LogP contribution is 2.24. The highest BCUT2D eigenvalue weighted by Gasteiger charge is 2.20. The SMILES string of the molecule is O=C(COC(=O)CNS(=O)(=O)c1ccc2c(c1)CCCC2)NC1CCCC1. The van der Waals surface area contributed by atoms with E-state index in [9.17, 15) is 18.0 Å². The number of fused-ring (bicyclic) bond motifs is 1. The average molecular weight is 394 g/mol. The summed E-state index contributed by atoms with van der Waals surface area (Å²) in [5.74, 6) is -1.13. The second-order valence-corrected chi connectivity index (χ2v) is 8.94. The maximum Gasteiger partial charge on any atom is 0.321 e. The van der Waals surface area contributed by atoms with E-state index >= 15 is 0 Å². The van der Waals surface area contributed by atoms with Crippen molar-refractivity contribution >= 4 is 21.9 Å². The molecular formula is C19H26N2O5S. The van der Waals surface area contributed by atoms with Crippen LogP contribution in [-0.2, 0) is 37.2 Å². The third kappa shape index (κ3) is 5.52. The van der Waals surface area contributed by atoms with E-state index in [2.05, 4.69) is 10.0 Å². The largest absolute Gasteiger partial charge is 0.455 e. The fourth-order valence-electron chi connectivity index (χ4n) is 3.65. The molecule has 1 aromatic rings. The summed E-state index contributed by atoms with van der Waals surface area (Å²) in [5.41, 5.74) is 2.24. The van der Waals surface area contributed by atoms with Gasteiger partial charge in [0.05, 0.1) is 4.90 Å². The second-order valence-electron chi connectivity index (χ2n) is 7.17. The molecule has 0 aromatic heterocycles. The minimum Gasteiger partial charge on any atom is -0.455 e. The lowest BCUT2D eigenvalue weighted by Crippen LogP contribution is -2.37. The zero-order valence-electron chi connectivity index (χ0n) is 15.3. The molecule has 1 amide bonds. The van der Waals surface area contributed by atoms with Crippen molar-refractivity contribution < 1.29 is 22.7 Å². The van der Waals surface area contributed by atoms with Gasteiger partial charge in [-0.25, -0.2) is 8.42 Å². The van der Waals surface area contributed by atoms with Crippen LogP contribution in [0, 0.1) is 0 Å². The van der Waals surface area contributed by atoms with Gasteiger partial charge < -0.3 is 10.1 Å². The molecule has 1 saturated carbocycles. The monoisotopic (exact) mass is 394 g/mol. The number of aryl methyl sites for hydroxylation is 2. The third-order valence-electron chi connectivity index (χ3n) is 5.12. The van der Waals surface area contributed by atoms with Crippen LogP contribution in [-0.4, -0.2) is 39.5 Å². The lowest BCUT2D eigenvalue weighted by Gasteiger charge is -2.16. The Bertz CT molecular complexity index is 800. The molecule has 0 unspecified atom stereocenters. The molecule has 8 heteroatoms. The highest BCUT2D eigenvalue weighted by atomic mass is 32.2. The molecule has 0 atom stereocenters. The van der Waals surface area contributed by atoms with Gasteiger partial charge in [0.25, 0.3) is 5.91 Å². The van der Waals surface area contributed by atoms with Gasteiger partial charge in [0.1, 0.15) is 6.54 Å². The lowest BCUT2D eigenvalue weighted by molar-refractivity contribution is -0.147. The number of carbonyl (C=O) groups is 2. The number of hydrogen-bond acceptors (Lipinski definition) is 5. The molecule has 2 aliphatic rings. The molecule has 1 fully saturated rings. The Kier molecular flexibility index (Phi) is 6.49. The molecule has 3 rings (SSSR count). The van der Waals surface area contributed by atoms with Crippen LogP contribution < -0.4 is 10.0 Å². The first-order valence-electron chi connectivity index (χ1n) is 9.50. The number of esters is 1. The normalized spacial score (nSPS) is 17.3. The molecule has 1 aromatic carbocycles. The zero-order chi connectivity index (χ0) is 19.3. The van der Waals surface area contributed by atoms with Crippen molar-refractivity contribution in [3.05, 3.63) is 29.3 Å². The molecule has 0 aliphatic heterocycles. The number of ether oxygens (including phenoxy) is 1. The second kappa shape index (κ2) is 8.84. The lowest BCUT2D eigenvalue weighted by atomic mass is 9.92. The fourth-order valence-corrected chi connectivity index (χ4v) is 4.67. The van der Waals surface area contributed by atoms with Crippen LogP contribution in [0.3, 0.4) is 0 Å². The van der Waals surface area contributed by atoms with Crippen LogP contribution in [0.1, 0.15) is 49.7 Å². The molecule has 0 heterocycles. The first-order chi connectivity index (χ1) is 12.9.